The van der Waals surface area contributed by atoms with Gasteiger partial charge in [0.1, 0.15) is 5.75 Å². The molecule has 0 bridgehead atoms. The molecule has 5 nitrogen and oxygen atoms in total. The Morgan fingerprint density at radius 2 is 1.93 bits per heavy atom. The molecule has 0 saturated carbocycles. The van der Waals surface area contributed by atoms with Gasteiger partial charge in [-0.15, -0.1) is 0 Å². The quantitative estimate of drug-likeness (QED) is 0.738. The highest BCUT2D eigenvalue weighted by Crippen LogP contribution is 2.25. The van der Waals surface area contributed by atoms with Crippen molar-refractivity contribution < 1.29 is 17.9 Å². The van der Waals surface area contributed by atoms with Crippen LogP contribution in [0.3, 0.4) is 0 Å². The van der Waals surface area contributed by atoms with Crippen LogP contribution in [0, 0.1) is 0 Å². The Balaban J connectivity index is 1.53. The smallest absolute Gasteiger partial charge is 0.221 e. The SMILES string of the molecule is COc1cccc(CC(C)NC(=O)CCS(=O)(=O)c2ccc3c(c2)CCC3)c1. The number of sulfone groups is 1. The molecule has 1 unspecified atom stereocenters. The average molecular weight is 402 g/mol. The van der Waals surface area contributed by atoms with Crippen LogP contribution in [0.1, 0.15) is 36.5 Å². The highest BCUT2D eigenvalue weighted by molar-refractivity contribution is 7.91. The van der Waals surface area contributed by atoms with E-state index in [0.29, 0.717) is 11.3 Å². The summed E-state index contributed by atoms with van der Waals surface area (Å²) in [6, 6.07) is 12.9. The van der Waals surface area contributed by atoms with Gasteiger partial charge in [0.25, 0.3) is 0 Å². The molecule has 0 spiro atoms. The van der Waals surface area contributed by atoms with Gasteiger partial charge in [-0.3, -0.25) is 4.79 Å². The van der Waals surface area contributed by atoms with Crippen molar-refractivity contribution >= 4 is 15.7 Å². The topological polar surface area (TPSA) is 72.5 Å². The normalized spacial score (nSPS) is 14.4. The summed E-state index contributed by atoms with van der Waals surface area (Å²) >= 11 is 0. The summed E-state index contributed by atoms with van der Waals surface area (Å²) in [5, 5.41) is 2.89. The third-order valence-electron chi connectivity index (χ3n) is 5.11. The van der Waals surface area contributed by atoms with Gasteiger partial charge in [0, 0.05) is 12.5 Å². The molecule has 3 rings (SSSR count). The van der Waals surface area contributed by atoms with Crippen molar-refractivity contribution in [1.29, 1.82) is 0 Å². The molecule has 0 aliphatic heterocycles. The molecule has 0 saturated heterocycles. The number of fused-ring (bicyclic) bond motifs is 1. The zero-order valence-electron chi connectivity index (χ0n) is 16.4. The number of nitrogens with one attached hydrogen (secondary N) is 1. The third kappa shape index (κ3) is 5.13. The van der Waals surface area contributed by atoms with Crippen LogP contribution in [-0.2, 0) is 33.9 Å². The first-order valence-corrected chi connectivity index (χ1v) is 11.3. The van der Waals surface area contributed by atoms with Crippen LogP contribution in [0.15, 0.2) is 47.4 Å². The first kappa shape index (κ1) is 20.4. The predicted molar refractivity (Wildman–Crippen MR) is 109 cm³/mol. The standard InChI is InChI=1S/C22H27NO4S/c1-16(13-17-5-3-8-20(14-17)27-2)23-22(24)11-12-28(25,26)21-10-9-18-6-4-7-19(18)15-21/h3,5,8-10,14-16H,4,6-7,11-13H2,1-2H3,(H,23,24). The summed E-state index contributed by atoms with van der Waals surface area (Å²) in [7, 11) is -1.84. The summed E-state index contributed by atoms with van der Waals surface area (Å²) in [5.74, 6) is 0.348. The summed E-state index contributed by atoms with van der Waals surface area (Å²) in [5.41, 5.74) is 3.42. The largest absolute Gasteiger partial charge is 0.497 e. The maximum absolute atomic E-state index is 12.6. The van der Waals surface area contributed by atoms with Crippen LogP contribution in [-0.4, -0.2) is 33.2 Å². The first-order chi connectivity index (χ1) is 13.4. The molecule has 1 N–H and O–H groups in total. The van der Waals surface area contributed by atoms with E-state index in [1.165, 1.54) is 5.56 Å². The summed E-state index contributed by atoms with van der Waals surface area (Å²) in [6.45, 7) is 1.91. The Labute approximate surface area is 167 Å². The summed E-state index contributed by atoms with van der Waals surface area (Å²) < 4.78 is 30.4. The molecule has 0 fully saturated rings. The molecular formula is C22H27NO4S. The number of carbonyl (C=O) groups excluding carboxylic acids is 1. The van der Waals surface area contributed by atoms with E-state index in [4.69, 9.17) is 4.74 Å². The highest BCUT2D eigenvalue weighted by Gasteiger charge is 2.20. The summed E-state index contributed by atoms with van der Waals surface area (Å²) in [6.07, 6.45) is 3.64. The Morgan fingerprint density at radius 3 is 2.71 bits per heavy atom. The minimum absolute atomic E-state index is 0.0398. The van der Waals surface area contributed by atoms with Crippen molar-refractivity contribution in [3.05, 3.63) is 59.2 Å². The van der Waals surface area contributed by atoms with E-state index in [1.807, 2.05) is 37.3 Å². The van der Waals surface area contributed by atoms with E-state index in [-0.39, 0.29) is 24.1 Å². The van der Waals surface area contributed by atoms with Gasteiger partial charge in [0.05, 0.1) is 17.8 Å². The fourth-order valence-corrected chi connectivity index (χ4v) is 4.92. The van der Waals surface area contributed by atoms with Crippen molar-refractivity contribution in [2.24, 2.45) is 0 Å². The number of hydrogen-bond donors (Lipinski definition) is 1. The fourth-order valence-electron chi connectivity index (χ4n) is 3.64. The van der Waals surface area contributed by atoms with E-state index in [2.05, 4.69) is 5.32 Å². The van der Waals surface area contributed by atoms with Crippen LogP contribution in [0.25, 0.3) is 0 Å². The second-order valence-corrected chi connectivity index (χ2v) is 9.49. The van der Waals surface area contributed by atoms with Gasteiger partial charge in [0.15, 0.2) is 9.84 Å². The lowest BCUT2D eigenvalue weighted by Gasteiger charge is -2.15. The first-order valence-electron chi connectivity index (χ1n) is 9.64. The van der Waals surface area contributed by atoms with Gasteiger partial charge < -0.3 is 10.1 Å². The molecule has 6 heteroatoms. The summed E-state index contributed by atoms with van der Waals surface area (Å²) in [4.78, 5) is 12.6. The predicted octanol–water partition coefficient (Wildman–Crippen LogP) is 3.10. The van der Waals surface area contributed by atoms with Gasteiger partial charge in [-0.05, 0) is 73.6 Å². The number of benzene rings is 2. The third-order valence-corrected chi connectivity index (χ3v) is 6.82. The zero-order valence-corrected chi connectivity index (χ0v) is 17.2. The van der Waals surface area contributed by atoms with E-state index in [1.54, 1.807) is 19.2 Å². The van der Waals surface area contributed by atoms with Crippen molar-refractivity contribution in [3.8, 4) is 5.75 Å². The minimum atomic E-state index is -3.46. The van der Waals surface area contributed by atoms with Crippen molar-refractivity contribution in [1.82, 2.24) is 5.32 Å². The monoisotopic (exact) mass is 401 g/mol. The molecule has 1 amide bonds. The van der Waals surface area contributed by atoms with Gasteiger partial charge in [0.2, 0.25) is 5.91 Å². The Bertz CT molecular complexity index is 953. The van der Waals surface area contributed by atoms with Crippen molar-refractivity contribution in [3.63, 3.8) is 0 Å². The van der Waals surface area contributed by atoms with Crippen LogP contribution in [0.2, 0.25) is 0 Å². The van der Waals surface area contributed by atoms with Gasteiger partial charge in [-0.2, -0.15) is 0 Å². The van der Waals surface area contributed by atoms with Gasteiger partial charge in [-0.1, -0.05) is 18.2 Å². The number of methoxy groups -OCH3 is 1. The molecule has 1 atom stereocenters. The molecule has 2 aromatic rings. The Kier molecular flexibility index (Phi) is 6.39. The second-order valence-electron chi connectivity index (χ2n) is 7.38. The second kappa shape index (κ2) is 8.78. The van der Waals surface area contributed by atoms with E-state index in [0.717, 1.165) is 36.1 Å². The number of ether oxygens (including phenoxy) is 1. The van der Waals surface area contributed by atoms with Gasteiger partial charge >= 0.3 is 0 Å². The van der Waals surface area contributed by atoms with Crippen molar-refractivity contribution in [2.45, 2.75) is 50.0 Å². The number of carbonyl (C=O) groups is 1. The minimum Gasteiger partial charge on any atom is -0.497 e. The maximum Gasteiger partial charge on any atom is 0.221 e. The lowest BCUT2D eigenvalue weighted by Crippen LogP contribution is -2.35. The molecule has 1 aliphatic carbocycles. The number of rotatable bonds is 8. The Hall–Kier alpha value is -2.34. The van der Waals surface area contributed by atoms with E-state index >= 15 is 0 Å². The fraction of sp³-hybridized carbons (Fsp3) is 0.409. The molecular weight excluding hydrogens is 374 g/mol. The molecule has 0 aromatic heterocycles. The molecule has 0 heterocycles. The zero-order chi connectivity index (χ0) is 20.1. The Morgan fingerprint density at radius 1 is 1.14 bits per heavy atom. The molecule has 28 heavy (non-hydrogen) atoms. The van der Waals surface area contributed by atoms with Crippen LogP contribution in [0.4, 0.5) is 0 Å². The molecule has 150 valence electrons. The van der Waals surface area contributed by atoms with E-state index < -0.39 is 9.84 Å². The van der Waals surface area contributed by atoms with Crippen LogP contribution in [0.5, 0.6) is 5.75 Å². The van der Waals surface area contributed by atoms with Crippen molar-refractivity contribution in [2.75, 3.05) is 12.9 Å². The molecule has 0 radical (unpaired) electrons. The molecule has 2 aromatic carbocycles. The lowest BCUT2D eigenvalue weighted by atomic mass is 10.1. The van der Waals surface area contributed by atoms with Crippen LogP contribution >= 0.6 is 0 Å². The lowest BCUT2D eigenvalue weighted by molar-refractivity contribution is -0.121. The number of aryl methyl sites for hydroxylation is 2. The number of hydrogen-bond acceptors (Lipinski definition) is 4. The van der Waals surface area contributed by atoms with Gasteiger partial charge in [-0.25, -0.2) is 8.42 Å². The molecule has 1 aliphatic rings. The highest BCUT2D eigenvalue weighted by atomic mass is 32.2. The maximum atomic E-state index is 12.6. The number of amides is 1. The van der Waals surface area contributed by atoms with Crippen LogP contribution < -0.4 is 10.1 Å². The average Bonchev–Trinajstić information content (AvgIpc) is 3.14. The van der Waals surface area contributed by atoms with E-state index in [9.17, 15) is 13.2 Å².